The Morgan fingerprint density at radius 3 is 2.44 bits per heavy atom. The number of carbonyl (C=O) groups excluding carboxylic acids is 1. The first-order valence-electron chi connectivity index (χ1n) is 7.40. The van der Waals surface area contributed by atoms with E-state index in [0.29, 0.717) is 19.1 Å². The summed E-state index contributed by atoms with van der Waals surface area (Å²) in [6.45, 7) is 0.879. The van der Waals surface area contributed by atoms with Gasteiger partial charge in [-0.05, 0) is 25.7 Å². The molecular formula is C14H26N2O2. The molecule has 0 aliphatic heterocycles. The van der Waals surface area contributed by atoms with E-state index in [1.54, 1.807) is 0 Å². The molecule has 3 N–H and O–H groups in total. The monoisotopic (exact) mass is 254 g/mol. The van der Waals surface area contributed by atoms with Crippen LogP contribution in [-0.2, 0) is 4.79 Å². The van der Waals surface area contributed by atoms with Crippen molar-refractivity contribution in [2.24, 2.45) is 0 Å². The summed E-state index contributed by atoms with van der Waals surface area (Å²) in [6, 6.07) is 0.377. The van der Waals surface area contributed by atoms with Gasteiger partial charge in [-0.2, -0.15) is 0 Å². The molecule has 4 nitrogen and oxygen atoms in total. The Balaban J connectivity index is 1.59. The summed E-state index contributed by atoms with van der Waals surface area (Å²) >= 11 is 0. The Morgan fingerprint density at radius 1 is 1.11 bits per heavy atom. The first kappa shape index (κ1) is 13.8. The fourth-order valence-corrected chi connectivity index (χ4v) is 3.14. The molecule has 2 saturated carbocycles. The predicted octanol–water partition coefficient (Wildman–Crippen LogP) is 1.33. The number of amides is 1. The number of nitrogens with one attached hydrogen (secondary N) is 2. The Kier molecular flexibility index (Phi) is 5.01. The third-order valence-corrected chi connectivity index (χ3v) is 4.24. The molecule has 104 valence electrons. The highest BCUT2D eigenvalue weighted by Gasteiger charge is 2.30. The standard InChI is InChI=1S/C14H26N2O2/c17-13(16-12-6-2-1-3-7-12)10-15-11-14(18)8-4-5-9-14/h12,15,18H,1-11H2,(H,16,17). The average Bonchev–Trinajstić information content (AvgIpc) is 2.77. The van der Waals surface area contributed by atoms with Crippen LogP contribution in [0.1, 0.15) is 57.8 Å². The molecule has 0 radical (unpaired) electrons. The second kappa shape index (κ2) is 6.53. The lowest BCUT2D eigenvalue weighted by molar-refractivity contribution is -0.121. The smallest absolute Gasteiger partial charge is 0.234 e. The SMILES string of the molecule is O=C(CNCC1(O)CCCC1)NC1CCCCC1. The fourth-order valence-electron chi connectivity index (χ4n) is 3.14. The van der Waals surface area contributed by atoms with Crippen LogP contribution in [0.5, 0.6) is 0 Å². The zero-order chi connectivity index (χ0) is 12.8. The Morgan fingerprint density at radius 2 is 1.78 bits per heavy atom. The highest BCUT2D eigenvalue weighted by atomic mass is 16.3. The molecule has 0 atom stereocenters. The van der Waals surface area contributed by atoms with Gasteiger partial charge < -0.3 is 15.7 Å². The minimum atomic E-state index is -0.564. The van der Waals surface area contributed by atoms with Gasteiger partial charge >= 0.3 is 0 Å². The van der Waals surface area contributed by atoms with Crippen LogP contribution in [0.4, 0.5) is 0 Å². The van der Waals surface area contributed by atoms with Crippen LogP contribution < -0.4 is 10.6 Å². The summed E-state index contributed by atoms with van der Waals surface area (Å²) in [4.78, 5) is 11.7. The Hall–Kier alpha value is -0.610. The summed E-state index contributed by atoms with van der Waals surface area (Å²) in [6.07, 6.45) is 9.95. The zero-order valence-electron chi connectivity index (χ0n) is 11.2. The lowest BCUT2D eigenvalue weighted by Crippen LogP contribution is -2.45. The van der Waals surface area contributed by atoms with Gasteiger partial charge in [0.15, 0.2) is 0 Å². The van der Waals surface area contributed by atoms with Crippen molar-refractivity contribution < 1.29 is 9.90 Å². The van der Waals surface area contributed by atoms with Crippen LogP contribution in [-0.4, -0.2) is 35.7 Å². The lowest BCUT2D eigenvalue weighted by atomic mass is 9.95. The molecule has 0 aromatic heterocycles. The quantitative estimate of drug-likeness (QED) is 0.693. The summed E-state index contributed by atoms with van der Waals surface area (Å²) in [5.74, 6) is 0.0727. The van der Waals surface area contributed by atoms with Gasteiger partial charge in [-0.1, -0.05) is 32.1 Å². The van der Waals surface area contributed by atoms with Gasteiger partial charge in [0.2, 0.25) is 5.91 Å². The first-order chi connectivity index (χ1) is 8.68. The van der Waals surface area contributed by atoms with Crippen LogP contribution in [0.3, 0.4) is 0 Å². The molecule has 4 heteroatoms. The molecule has 2 rings (SSSR count). The largest absolute Gasteiger partial charge is 0.389 e. The maximum atomic E-state index is 11.7. The summed E-state index contributed by atoms with van der Waals surface area (Å²) in [5, 5.41) is 16.3. The summed E-state index contributed by atoms with van der Waals surface area (Å²) in [7, 11) is 0. The normalized spacial score (nSPS) is 24.1. The van der Waals surface area contributed by atoms with E-state index >= 15 is 0 Å². The van der Waals surface area contributed by atoms with Gasteiger partial charge in [-0.25, -0.2) is 0 Å². The second-order valence-electron chi connectivity index (χ2n) is 5.94. The number of hydrogen-bond donors (Lipinski definition) is 3. The molecule has 1 amide bonds. The van der Waals surface area contributed by atoms with Crippen molar-refractivity contribution in [3.63, 3.8) is 0 Å². The van der Waals surface area contributed by atoms with Gasteiger partial charge in [-0.15, -0.1) is 0 Å². The molecule has 0 bridgehead atoms. The fraction of sp³-hybridized carbons (Fsp3) is 0.929. The molecule has 0 spiro atoms. The van der Waals surface area contributed by atoms with E-state index in [9.17, 15) is 9.90 Å². The van der Waals surface area contributed by atoms with E-state index in [4.69, 9.17) is 0 Å². The van der Waals surface area contributed by atoms with E-state index in [2.05, 4.69) is 10.6 Å². The molecule has 0 aromatic carbocycles. The molecule has 0 aromatic rings. The van der Waals surface area contributed by atoms with Crippen LogP contribution in [0, 0.1) is 0 Å². The van der Waals surface area contributed by atoms with Crippen LogP contribution in [0.15, 0.2) is 0 Å². The summed E-state index contributed by atoms with van der Waals surface area (Å²) in [5.41, 5.74) is -0.564. The van der Waals surface area contributed by atoms with E-state index in [1.165, 1.54) is 19.3 Å². The first-order valence-corrected chi connectivity index (χ1v) is 7.40. The van der Waals surface area contributed by atoms with E-state index in [0.717, 1.165) is 38.5 Å². The van der Waals surface area contributed by atoms with E-state index in [-0.39, 0.29) is 5.91 Å². The minimum absolute atomic E-state index is 0.0727. The lowest BCUT2D eigenvalue weighted by Gasteiger charge is -2.24. The van der Waals surface area contributed by atoms with Crippen molar-refractivity contribution >= 4 is 5.91 Å². The van der Waals surface area contributed by atoms with Gasteiger partial charge in [0, 0.05) is 12.6 Å². The van der Waals surface area contributed by atoms with Crippen molar-refractivity contribution in [2.45, 2.75) is 69.4 Å². The van der Waals surface area contributed by atoms with Crippen molar-refractivity contribution in [3.05, 3.63) is 0 Å². The third kappa shape index (κ3) is 4.25. The highest BCUT2D eigenvalue weighted by molar-refractivity contribution is 5.78. The van der Waals surface area contributed by atoms with Gasteiger partial charge in [-0.3, -0.25) is 4.79 Å². The van der Waals surface area contributed by atoms with Crippen LogP contribution in [0.25, 0.3) is 0 Å². The van der Waals surface area contributed by atoms with Crippen LogP contribution in [0.2, 0.25) is 0 Å². The topological polar surface area (TPSA) is 61.4 Å². The maximum Gasteiger partial charge on any atom is 0.234 e. The van der Waals surface area contributed by atoms with E-state index in [1.807, 2.05) is 0 Å². The number of rotatable bonds is 5. The Bertz CT molecular complexity index is 269. The molecule has 0 unspecified atom stereocenters. The number of hydrogen-bond acceptors (Lipinski definition) is 3. The maximum absolute atomic E-state index is 11.7. The molecule has 2 fully saturated rings. The molecule has 2 aliphatic rings. The second-order valence-corrected chi connectivity index (χ2v) is 5.94. The van der Waals surface area contributed by atoms with Crippen molar-refractivity contribution in [2.75, 3.05) is 13.1 Å². The molecule has 0 heterocycles. The molecule has 2 aliphatic carbocycles. The molecule has 18 heavy (non-hydrogen) atoms. The molecule has 0 saturated heterocycles. The van der Waals surface area contributed by atoms with E-state index < -0.39 is 5.60 Å². The Labute approximate surface area is 110 Å². The highest BCUT2D eigenvalue weighted by Crippen LogP contribution is 2.28. The summed E-state index contributed by atoms with van der Waals surface area (Å²) < 4.78 is 0. The van der Waals surface area contributed by atoms with Crippen molar-refractivity contribution in [1.29, 1.82) is 0 Å². The van der Waals surface area contributed by atoms with Gasteiger partial charge in [0.25, 0.3) is 0 Å². The number of carbonyl (C=O) groups is 1. The average molecular weight is 254 g/mol. The van der Waals surface area contributed by atoms with Crippen molar-refractivity contribution in [1.82, 2.24) is 10.6 Å². The van der Waals surface area contributed by atoms with Crippen LogP contribution >= 0.6 is 0 Å². The predicted molar refractivity (Wildman–Crippen MR) is 71.3 cm³/mol. The number of aliphatic hydroxyl groups is 1. The van der Waals surface area contributed by atoms with Gasteiger partial charge in [0.05, 0.1) is 12.1 Å². The zero-order valence-corrected chi connectivity index (χ0v) is 11.2. The molecular weight excluding hydrogens is 228 g/mol. The van der Waals surface area contributed by atoms with Gasteiger partial charge in [0.1, 0.15) is 0 Å². The minimum Gasteiger partial charge on any atom is -0.389 e. The van der Waals surface area contributed by atoms with Crippen molar-refractivity contribution in [3.8, 4) is 0 Å². The third-order valence-electron chi connectivity index (χ3n) is 4.24.